The lowest BCUT2D eigenvalue weighted by Gasteiger charge is -2.32. The molecule has 0 N–H and O–H groups in total. The van der Waals surface area contributed by atoms with E-state index >= 15 is 0 Å². The highest BCUT2D eigenvalue weighted by Gasteiger charge is 2.30. The van der Waals surface area contributed by atoms with Gasteiger partial charge >= 0.3 is 0 Å². The van der Waals surface area contributed by atoms with Gasteiger partial charge in [-0.3, -0.25) is 0 Å². The van der Waals surface area contributed by atoms with Gasteiger partial charge in [-0.2, -0.15) is 0 Å². The molecule has 2 aromatic carbocycles. The van der Waals surface area contributed by atoms with Gasteiger partial charge in [0.1, 0.15) is 18.2 Å². The third-order valence-electron chi connectivity index (χ3n) is 6.87. The van der Waals surface area contributed by atoms with Gasteiger partial charge in [0.15, 0.2) is 0 Å². The molecule has 1 aliphatic carbocycles. The van der Waals surface area contributed by atoms with Gasteiger partial charge in [-0.15, -0.1) is 0 Å². The van der Waals surface area contributed by atoms with E-state index in [0.29, 0.717) is 24.0 Å². The van der Waals surface area contributed by atoms with E-state index in [9.17, 15) is 4.39 Å². The molecule has 0 spiro atoms. The lowest BCUT2D eigenvalue weighted by atomic mass is 9.81. The van der Waals surface area contributed by atoms with Crippen molar-refractivity contribution >= 4 is 0 Å². The van der Waals surface area contributed by atoms with Crippen molar-refractivity contribution in [2.45, 2.75) is 59.2 Å². The Labute approximate surface area is 208 Å². The van der Waals surface area contributed by atoms with Crippen LogP contribution in [0.25, 0.3) is 11.1 Å². The number of benzene rings is 2. The molecule has 0 amide bonds. The Morgan fingerprint density at radius 1 is 1.03 bits per heavy atom. The van der Waals surface area contributed by atoms with Crippen LogP contribution in [0.1, 0.15) is 69.2 Å². The number of pyridine rings is 1. The standard InChI is InChI=1S/C30H36FNO3/c1-19(21-11-12-21)22-8-7-9-23(15-22)35-18-20-10-13-24(25-16-28(33-5)32-17-27(25)31)26(14-20)29(34-6)30(2,3)4/h7-10,13-17,19,21,29H,11-12,18H2,1-6H3/t19-,29+/m0/s1. The van der Waals surface area contributed by atoms with Crippen molar-refractivity contribution < 1.29 is 18.6 Å². The number of aromatic nitrogens is 1. The smallest absolute Gasteiger partial charge is 0.213 e. The summed E-state index contributed by atoms with van der Waals surface area (Å²) in [5.74, 6) is 2.19. The van der Waals surface area contributed by atoms with E-state index in [1.54, 1.807) is 13.2 Å². The third-order valence-corrected chi connectivity index (χ3v) is 6.87. The highest BCUT2D eigenvalue weighted by atomic mass is 19.1. The third kappa shape index (κ3) is 5.84. The minimum absolute atomic E-state index is 0.205. The van der Waals surface area contributed by atoms with Crippen LogP contribution >= 0.6 is 0 Å². The summed E-state index contributed by atoms with van der Waals surface area (Å²) < 4.78 is 32.3. The maximum atomic E-state index is 14.9. The monoisotopic (exact) mass is 477 g/mol. The van der Waals surface area contributed by atoms with Crippen LogP contribution in [0.15, 0.2) is 54.7 Å². The minimum Gasteiger partial charge on any atom is -0.489 e. The highest BCUT2D eigenvalue weighted by molar-refractivity contribution is 5.70. The summed E-state index contributed by atoms with van der Waals surface area (Å²) in [5.41, 5.74) is 4.22. The summed E-state index contributed by atoms with van der Waals surface area (Å²) in [5, 5.41) is 0. The zero-order valence-corrected chi connectivity index (χ0v) is 21.6. The predicted molar refractivity (Wildman–Crippen MR) is 137 cm³/mol. The van der Waals surface area contributed by atoms with Crippen LogP contribution < -0.4 is 9.47 Å². The fourth-order valence-electron chi connectivity index (χ4n) is 4.77. The Morgan fingerprint density at radius 3 is 2.46 bits per heavy atom. The molecule has 5 heteroatoms. The van der Waals surface area contributed by atoms with Crippen molar-refractivity contribution in [3.8, 4) is 22.8 Å². The molecular weight excluding hydrogens is 441 g/mol. The second-order valence-corrected chi connectivity index (χ2v) is 10.6. The lowest BCUT2D eigenvalue weighted by molar-refractivity contribution is 0.0155. The SMILES string of the molecule is COc1cc(-c2ccc(COc3cccc([C@@H](C)C4CC4)c3)cc2[C@@H](OC)C(C)(C)C)c(F)cn1. The van der Waals surface area contributed by atoms with Crippen LogP contribution in [0, 0.1) is 17.2 Å². The van der Waals surface area contributed by atoms with E-state index in [4.69, 9.17) is 14.2 Å². The number of hydrogen-bond acceptors (Lipinski definition) is 4. The average Bonchev–Trinajstić information content (AvgIpc) is 3.68. The summed E-state index contributed by atoms with van der Waals surface area (Å²) in [7, 11) is 3.22. The first-order valence-electron chi connectivity index (χ1n) is 12.3. The largest absolute Gasteiger partial charge is 0.489 e. The van der Waals surface area contributed by atoms with Gasteiger partial charge in [0, 0.05) is 18.7 Å². The van der Waals surface area contributed by atoms with Crippen molar-refractivity contribution in [3.05, 3.63) is 77.2 Å². The minimum atomic E-state index is -0.401. The summed E-state index contributed by atoms with van der Waals surface area (Å²) >= 11 is 0. The van der Waals surface area contributed by atoms with Crippen molar-refractivity contribution in [1.29, 1.82) is 0 Å². The molecule has 1 saturated carbocycles. The molecule has 0 bridgehead atoms. The van der Waals surface area contributed by atoms with Crippen LogP contribution in [0.5, 0.6) is 11.6 Å². The van der Waals surface area contributed by atoms with Gasteiger partial charge in [-0.05, 0) is 70.5 Å². The summed E-state index contributed by atoms with van der Waals surface area (Å²) in [4.78, 5) is 3.99. The van der Waals surface area contributed by atoms with E-state index in [0.717, 1.165) is 28.4 Å². The second-order valence-electron chi connectivity index (χ2n) is 10.6. The van der Waals surface area contributed by atoms with Crippen LogP contribution in [-0.2, 0) is 11.3 Å². The molecular formula is C30H36FNO3. The topological polar surface area (TPSA) is 40.6 Å². The predicted octanol–water partition coefficient (Wildman–Crippen LogP) is 7.72. The highest BCUT2D eigenvalue weighted by Crippen LogP contribution is 2.43. The molecule has 1 aliphatic rings. The van der Waals surface area contributed by atoms with Crippen LogP contribution in [0.3, 0.4) is 0 Å². The summed E-state index contributed by atoms with van der Waals surface area (Å²) in [6.07, 6.45) is 3.59. The van der Waals surface area contributed by atoms with Crippen molar-refractivity contribution in [3.63, 3.8) is 0 Å². The van der Waals surface area contributed by atoms with Crippen molar-refractivity contribution in [1.82, 2.24) is 4.98 Å². The van der Waals surface area contributed by atoms with Gasteiger partial charge < -0.3 is 14.2 Å². The van der Waals surface area contributed by atoms with Crippen molar-refractivity contribution in [2.24, 2.45) is 11.3 Å². The molecule has 3 aromatic rings. The molecule has 1 heterocycles. The van der Waals surface area contributed by atoms with Gasteiger partial charge in [0.25, 0.3) is 0 Å². The quantitative estimate of drug-likeness (QED) is 0.316. The average molecular weight is 478 g/mol. The molecule has 0 aliphatic heterocycles. The van der Waals surface area contributed by atoms with E-state index in [1.165, 1.54) is 31.7 Å². The van der Waals surface area contributed by atoms with Gasteiger partial charge in [0.05, 0.1) is 19.4 Å². The van der Waals surface area contributed by atoms with E-state index in [1.807, 2.05) is 18.2 Å². The Balaban J connectivity index is 1.66. The van der Waals surface area contributed by atoms with Gasteiger partial charge in [-0.1, -0.05) is 52.0 Å². The number of rotatable bonds is 9. The molecule has 4 nitrogen and oxygen atoms in total. The van der Waals surface area contributed by atoms with Crippen LogP contribution in [0.4, 0.5) is 4.39 Å². The molecule has 1 fully saturated rings. The van der Waals surface area contributed by atoms with Crippen molar-refractivity contribution in [2.75, 3.05) is 14.2 Å². The van der Waals surface area contributed by atoms with Gasteiger partial charge in [-0.25, -0.2) is 9.37 Å². The molecule has 1 aromatic heterocycles. The first-order valence-corrected chi connectivity index (χ1v) is 12.3. The fourth-order valence-corrected chi connectivity index (χ4v) is 4.77. The molecule has 4 rings (SSSR count). The Hall–Kier alpha value is -2.92. The number of hydrogen-bond donors (Lipinski definition) is 0. The Kier molecular flexibility index (Phi) is 7.46. The van der Waals surface area contributed by atoms with E-state index in [-0.39, 0.29) is 11.5 Å². The number of nitrogens with zero attached hydrogens (tertiary/aromatic N) is 1. The number of ether oxygens (including phenoxy) is 3. The maximum Gasteiger partial charge on any atom is 0.213 e. The molecule has 0 saturated heterocycles. The summed E-state index contributed by atoms with van der Waals surface area (Å²) in [6, 6.07) is 16.0. The first-order chi connectivity index (χ1) is 16.7. The van der Waals surface area contributed by atoms with Crippen LogP contribution in [-0.4, -0.2) is 19.2 Å². The fraction of sp³-hybridized carbons (Fsp3) is 0.433. The molecule has 35 heavy (non-hydrogen) atoms. The zero-order valence-electron chi connectivity index (χ0n) is 21.6. The van der Waals surface area contributed by atoms with E-state index in [2.05, 4.69) is 56.9 Å². The van der Waals surface area contributed by atoms with Gasteiger partial charge in [0.2, 0.25) is 5.88 Å². The molecule has 2 atom stereocenters. The van der Waals surface area contributed by atoms with Crippen LogP contribution in [0.2, 0.25) is 0 Å². The normalized spacial score (nSPS) is 15.5. The Bertz CT molecular complexity index is 1170. The maximum absolute atomic E-state index is 14.9. The number of methoxy groups -OCH3 is 2. The molecule has 0 radical (unpaired) electrons. The lowest BCUT2D eigenvalue weighted by Crippen LogP contribution is -2.21. The molecule has 0 unspecified atom stereocenters. The number of halogens is 1. The second kappa shape index (κ2) is 10.4. The summed E-state index contributed by atoms with van der Waals surface area (Å²) in [6.45, 7) is 9.06. The first kappa shape index (κ1) is 25.2. The Morgan fingerprint density at radius 2 is 1.80 bits per heavy atom. The molecule has 186 valence electrons. The zero-order chi connectivity index (χ0) is 25.2. The van der Waals surface area contributed by atoms with E-state index < -0.39 is 5.82 Å².